The Morgan fingerprint density at radius 3 is 2.67 bits per heavy atom. The number of rotatable bonds is 7. The van der Waals surface area contributed by atoms with Crippen LogP contribution in [0.2, 0.25) is 0 Å². The Morgan fingerprint density at radius 2 is 1.88 bits per heavy atom. The summed E-state index contributed by atoms with van der Waals surface area (Å²) >= 11 is 0. The zero-order valence-electron chi connectivity index (χ0n) is 14.5. The van der Waals surface area contributed by atoms with E-state index in [-0.39, 0.29) is 18.1 Å². The predicted octanol–water partition coefficient (Wildman–Crippen LogP) is 2.32. The minimum absolute atomic E-state index is 0.0183. The van der Waals surface area contributed by atoms with E-state index in [2.05, 4.69) is 33.2 Å². The summed E-state index contributed by atoms with van der Waals surface area (Å²) in [5, 5.41) is 3.09. The maximum Gasteiger partial charge on any atom is 0.221 e. The van der Waals surface area contributed by atoms with Gasteiger partial charge in [0.2, 0.25) is 5.91 Å². The maximum absolute atomic E-state index is 12.1. The molecule has 1 aromatic rings. The molecule has 2 saturated heterocycles. The second-order valence-corrected chi connectivity index (χ2v) is 6.97. The Kier molecular flexibility index (Phi) is 6.64. The van der Waals surface area contributed by atoms with Gasteiger partial charge in [0.1, 0.15) is 0 Å². The van der Waals surface area contributed by atoms with E-state index in [1.807, 2.05) is 18.2 Å². The lowest BCUT2D eigenvalue weighted by atomic mass is 10.0. The smallest absolute Gasteiger partial charge is 0.221 e. The van der Waals surface area contributed by atoms with Crippen LogP contribution in [-0.2, 0) is 4.79 Å². The zero-order valence-corrected chi connectivity index (χ0v) is 14.5. The van der Waals surface area contributed by atoms with Crippen molar-refractivity contribution in [1.82, 2.24) is 21.1 Å². The molecule has 5 nitrogen and oxygen atoms in total. The van der Waals surface area contributed by atoms with E-state index in [1.165, 1.54) is 37.9 Å². The van der Waals surface area contributed by atoms with Gasteiger partial charge in [0.15, 0.2) is 0 Å². The molecular weight excluding hydrogens is 300 g/mol. The van der Waals surface area contributed by atoms with Crippen LogP contribution in [0, 0.1) is 0 Å². The van der Waals surface area contributed by atoms with Gasteiger partial charge in [-0.05, 0) is 50.9 Å². The third-order valence-electron chi connectivity index (χ3n) is 5.02. The fourth-order valence-corrected chi connectivity index (χ4v) is 3.62. The van der Waals surface area contributed by atoms with Crippen molar-refractivity contribution >= 4 is 5.91 Å². The van der Waals surface area contributed by atoms with Crippen LogP contribution in [0.5, 0.6) is 0 Å². The first-order chi connectivity index (χ1) is 11.8. The first-order valence-electron chi connectivity index (χ1n) is 9.39. The Labute approximate surface area is 145 Å². The third-order valence-corrected chi connectivity index (χ3v) is 5.02. The number of piperidine rings is 1. The molecule has 3 N–H and O–H groups in total. The fourth-order valence-electron chi connectivity index (χ4n) is 3.62. The number of nitrogens with one attached hydrogen (secondary N) is 3. The molecular formula is C19H30N4O. The van der Waals surface area contributed by atoms with E-state index < -0.39 is 0 Å². The predicted molar refractivity (Wildman–Crippen MR) is 96.1 cm³/mol. The van der Waals surface area contributed by atoms with Crippen LogP contribution in [0.1, 0.15) is 56.6 Å². The second kappa shape index (κ2) is 9.16. The zero-order chi connectivity index (χ0) is 16.6. The molecule has 0 aliphatic carbocycles. The highest BCUT2D eigenvalue weighted by molar-refractivity contribution is 5.76. The van der Waals surface area contributed by atoms with Gasteiger partial charge in [-0.2, -0.15) is 0 Å². The Balaban J connectivity index is 1.29. The average molecular weight is 330 g/mol. The van der Waals surface area contributed by atoms with Crippen molar-refractivity contribution in [2.75, 3.05) is 19.6 Å². The summed E-state index contributed by atoms with van der Waals surface area (Å²) in [6.45, 7) is 3.63. The molecule has 132 valence electrons. The average Bonchev–Trinajstić information content (AvgIpc) is 3.09. The summed E-state index contributed by atoms with van der Waals surface area (Å²) in [6, 6.07) is 10.6. The van der Waals surface area contributed by atoms with Crippen molar-refractivity contribution in [3.05, 3.63) is 35.9 Å². The molecule has 5 heteroatoms. The van der Waals surface area contributed by atoms with Gasteiger partial charge < -0.3 is 10.2 Å². The number of hydrazine groups is 1. The van der Waals surface area contributed by atoms with Gasteiger partial charge in [0, 0.05) is 18.9 Å². The van der Waals surface area contributed by atoms with E-state index in [9.17, 15) is 4.79 Å². The Bertz CT molecular complexity index is 501. The van der Waals surface area contributed by atoms with Crippen molar-refractivity contribution in [2.45, 2.75) is 57.2 Å². The number of benzene rings is 1. The van der Waals surface area contributed by atoms with Crippen molar-refractivity contribution in [3.8, 4) is 0 Å². The summed E-state index contributed by atoms with van der Waals surface area (Å²) in [6.07, 6.45) is 7.68. The Hall–Kier alpha value is -1.43. The molecule has 2 heterocycles. The number of hydrogen-bond donors (Lipinski definition) is 3. The Morgan fingerprint density at radius 1 is 1.08 bits per heavy atom. The minimum Gasteiger partial charge on any atom is -0.339 e. The van der Waals surface area contributed by atoms with E-state index >= 15 is 0 Å². The highest BCUT2D eigenvalue weighted by Gasteiger charge is 2.25. The van der Waals surface area contributed by atoms with Gasteiger partial charge >= 0.3 is 0 Å². The number of likely N-dealkylation sites (tertiary alicyclic amines) is 1. The fraction of sp³-hybridized carbons (Fsp3) is 0.632. The normalized spacial score (nSPS) is 24.8. The highest BCUT2D eigenvalue weighted by atomic mass is 16.1. The van der Waals surface area contributed by atoms with E-state index in [4.69, 9.17) is 0 Å². The van der Waals surface area contributed by atoms with Crippen LogP contribution in [0.3, 0.4) is 0 Å². The quantitative estimate of drug-likeness (QED) is 0.672. The van der Waals surface area contributed by atoms with Crippen LogP contribution in [0.4, 0.5) is 0 Å². The van der Waals surface area contributed by atoms with Crippen molar-refractivity contribution in [2.24, 2.45) is 0 Å². The van der Waals surface area contributed by atoms with E-state index in [0.717, 1.165) is 25.8 Å². The molecule has 0 radical (unpaired) electrons. The standard InChI is InChI=1S/C19H30N4O/c24-19(11-5-8-14-23-12-6-2-7-13-23)20-18-15-17(21-22-18)16-9-3-1-4-10-16/h1,3-4,9-10,17-18,21-22H,2,5-8,11-15H2,(H,20,24). The summed E-state index contributed by atoms with van der Waals surface area (Å²) in [7, 11) is 0. The molecule has 1 aromatic carbocycles. The monoisotopic (exact) mass is 330 g/mol. The number of unbranched alkanes of at least 4 members (excludes halogenated alkanes) is 1. The van der Waals surface area contributed by atoms with Crippen LogP contribution < -0.4 is 16.2 Å². The summed E-state index contributed by atoms with van der Waals surface area (Å²) < 4.78 is 0. The van der Waals surface area contributed by atoms with Gasteiger partial charge in [-0.3, -0.25) is 4.79 Å². The van der Waals surface area contributed by atoms with Gasteiger partial charge in [-0.15, -0.1) is 0 Å². The van der Waals surface area contributed by atoms with Gasteiger partial charge in [-0.1, -0.05) is 36.8 Å². The molecule has 24 heavy (non-hydrogen) atoms. The third kappa shape index (κ3) is 5.30. The number of nitrogens with zero attached hydrogens (tertiary/aromatic N) is 1. The lowest BCUT2D eigenvalue weighted by Gasteiger charge is -2.26. The summed E-state index contributed by atoms with van der Waals surface area (Å²) in [4.78, 5) is 14.6. The van der Waals surface area contributed by atoms with Crippen LogP contribution in [-0.4, -0.2) is 36.6 Å². The molecule has 0 bridgehead atoms. The SMILES string of the molecule is O=C(CCCCN1CCCCC1)NC1CC(c2ccccc2)NN1. The summed E-state index contributed by atoms with van der Waals surface area (Å²) in [5.41, 5.74) is 7.71. The molecule has 0 aromatic heterocycles. The molecule has 2 atom stereocenters. The molecule has 3 rings (SSSR count). The molecule has 2 unspecified atom stereocenters. The van der Waals surface area contributed by atoms with Crippen LogP contribution in [0.25, 0.3) is 0 Å². The maximum atomic E-state index is 12.1. The van der Waals surface area contributed by atoms with Crippen molar-refractivity contribution < 1.29 is 4.79 Å². The molecule has 0 spiro atoms. The topological polar surface area (TPSA) is 56.4 Å². The van der Waals surface area contributed by atoms with E-state index in [1.54, 1.807) is 0 Å². The van der Waals surface area contributed by atoms with Gasteiger partial charge in [-0.25, -0.2) is 10.9 Å². The molecule has 1 amide bonds. The van der Waals surface area contributed by atoms with Crippen molar-refractivity contribution in [1.29, 1.82) is 0 Å². The number of amides is 1. The molecule has 2 aliphatic heterocycles. The second-order valence-electron chi connectivity index (χ2n) is 6.97. The van der Waals surface area contributed by atoms with Crippen LogP contribution >= 0.6 is 0 Å². The largest absolute Gasteiger partial charge is 0.339 e. The highest BCUT2D eigenvalue weighted by Crippen LogP contribution is 2.20. The van der Waals surface area contributed by atoms with Gasteiger partial charge in [0.05, 0.1) is 6.17 Å². The van der Waals surface area contributed by atoms with Gasteiger partial charge in [0.25, 0.3) is 0 Å². The van der Waals surface area contributed by atoms with Crippen LogP contribution in [0.15, 0.2) is 30.3 Å². The lowest BCUT2D eigenvalue weighted by Crippen LogP contribution is -2.44. The summed E-state index contributed by atoms with van der Waals surface area (Å²) in [5.74, 6) is 0.154. The number of carbonyl (C=O) groups excluding carboxylic acids is 1. The first kappa shape index (κ1) is 17.4. The lowest BCUT2D eigenvalue weighted by molar-refractivity contribution is -0.122. The molecule has 0 saturated carbocycles. The molecule has 2 aliphatic rings. The molecule has 2 fully saturated rings. The number of carbonyl (C=O) groups is 1. The minimum atomic E-state index is 0.0183. The van der Waals surface area contributed by atoms with E-state index in [0.29, 0.717) is 6.42 Å². The first-order valence-corrected chi connectivity index (χ1v) is 9.39. The number of hydrogen-bond acceptors (Lipinski definition) is 4. The van der Waals surface area contributed by atoms with Crippen molar-refractivity contribution in [3.63, 3.8) is 0 Å².